The minimum Gasteiger partial charge on any atom is -0.354 e. The lowest BCUT2D eigenvalue weighted by atomic mass is 9.98. The topological polar surface area (TPSA) is 69.7 Å². The van der Waals surface area contributed by atoms with E-state index in [1.807, 2.05) is 24.3 Å². The van der Waals surface area contributed by atoms with Gasteiger partial charge in [-0.2, -0.15) is 4.31 Å². The van der Waals surface area contributed by atoms with E-state index in [1.54, 1.807) is 30.3 Å². The number of carbonyl (C=O) groups is 1. The van der Waals surface area contributed by atoms with E-state index < -0.39 is 10.0 Å². The average molecular weight is 476 g/mol. The standard InChI is InChI=1S/C24H30ClN3O3S/c25-22-13-5-4-12-21(22)23(27-14-6-7-15-27)17-26-24(29)19-9-8-16-28(18-19)32(30,31)20-10-2-1-3-11-20/h1-5,10-13,19,23H,6-9,14-18H2,(H,26,29). The number of likely N-dealkylation sites (tertiary alicyclic amines) is 1. The maximum absolute atomic E-state index is 13.1. The van der Waals surface area contributed by atoms with Crippen LogP contribution >= 0.6 is 11.6 Å². The lowest BCUT2D eigenvalue weighted by molar-refractivity contribution is -0.126. The number of benzene rings is 2. The molecule has 8 heteroatoms. The summed E-state index contributed by atoms with van der Waals surface area (Å²) >= 11 is 6.48. The van der Waals surface area contributed by atoms with Crippen molar-refractivity contribution in [3.05, 3.63) is 65.2 Å². The SMILES string of the molecule is O=C(NCC(c1ccccc1Cl)N1CCCC1)C1CCCN(S(=O)(=O)c2ccccc2)C1. The molecule has 0 radical (unpaired) electrons. The number of rotatable bonds is 7. The van der Waals surface area contributed by atoms with E-state index in [2.05, 4.69) is 10.2 Å². The molecule has 0 aliphatic carbocycles. The van der Waals surface area contributed by atoms with E-state index in [9.17, 15) is 13.2 Å². The van der Waals surface area contributed by atoms with Crippen molar-refractivity contribution in [2.45, 2.75) is 36.6 Å². The molecule has 2 aromatic carbocycles. The highest BCUT2D eigenvalue weighted by Gasteiger charge is 2.34. The minimum atomic E-state index is -3.59. The normalized spacial score (nSPS) is 21.3. The van der Waals surface area contributed by atoms with Crippen molar-refractivity contribution in [3.63, 3.8) is 0 Å². The van der Waals surface area contributed by atoms with Gasteiger partial charge in [-0.25, -0.2) is 8.42 Å². The number of amides is 1. The molecule has 2 aliphatic rings. The van der Waals surface area contributed by atoms with Crippen molar-refractivity contribution >= 4 is 27.5 Å². The molecule has 1 N–H and O–H groups in total. The Morgan fingerprint density at radius 2 is 1.69 bits per heavy atom. The van der Waals surface area contributed by atoms with Crippen LogP contribution in [-0.4, -0.2) is 56.3 Å². The first-order valence-corrected chi connectivity index (χ1v) is 13.1. The van der Waals surface area contributed by atoms with Crippen molar-refractivity contribution < 1.29 is 13.2 Å². The third-order valence-electron chi connectivity index (χ3n) is 6.45. The molecule has 1 amide bonds. The summed E-state index contributed by atoms with van der Waals surface area (Å²) in [4.78, 5) is 15.7. The number of piperidine rings is 1. The first-order valence-electron chi connectivity index (χ1n) is 11.3. The maximum Gasteiger partial charge on any atom is 0.243 e. The zero-order chi connectivity index (χ0) is 22.6. The molecule has 4 rings (SSSR count). The Morgan fingerprint density at radius 1 is 1.00 bits per heavy atom. The molecule has 2 atom stereocenters. The van der Waals surface area contributed by atoms with Crippen molar-refractivity contribution in [1.82, 2.24) is 14.5 Å². The van der Waals surface area contributed by atoms with Gasteiger partial charge in [-0.05, 0) is 62.5 Å². The Morgan fingerprint density at radius 3 is 2.41 bits per heavy atom. The Hall–Kier alpha value is -1.93. The average Bonchev–Trinajstić information content (AvgIpc) is 3.35. The second-order valence-electron chi connectivity index (χ2n) is 8.54. The summed E-state index contributed by atoms with van der Waals surface area (Å²) in [7, 11) is -3.59. The van der Waals surface area contributed by atoms with Crippen LogP contribution in [0.4, 0.5) is 0 Å². The summed E-state index contributed by atoms with van der Waals surface area (Å²) in [6, 6.07) is 16.2. The van der Waals surface area contributed by atoms with Gasteiger partial charge in [0.1, 0.15) is 0 Å². The summed E-state index contributed by atoms with van der Waals surface area (Å²) in [6.07, 6.45) is 3.64. The van der Waals surface area contributed by atoms with Gasteiger partial charge < -0.3 is 5.32 Å². The number of sulfonamides is 1. The number of halogens is 1. The van der Waals surface area contributed by atoms with Gasteiger partial charge in [0, 0.05) is 24.7 Å². The van der Waals surface area contributed by atoms with Gasteiger partial charge >= 0.3 is 0 Å². The van der Waals surface area contributed by atoms with E-state index >= 15 is 0 Å². The number of nitrogens with zero attached hydrogens (tertiary/aromatic N) is 2. The smallest absolute Gasteiger partial charge is 0.243 e. The Balaban J connectivity index is 1.43. The van der Waals surface area contributed by atoms with Gasteiger partial charge in [0.25, 0.3) is 0 Å². The van der Waals surface area contributed by atoms with E-state index in [0.717, 1.165) is 31.5 Å². The molecule has 6 nitrogen and oxygen atoms in total. The number of carbonyl (C=O) groups excluding carboxylic acids is 1. The van der Waals surface area contributed by atoms with Crippen molar-refractivity contribution in [3.8, 4) is 0 Å². The molecule has 2 aromatic rings. The third kappa shape index (κ3) is 5.17. The summed E-state index contributed by atoms with van der Waals surface area (Å²) in [6.45, 7) is 3.08. The number of hydrogen-bond acceptors (Lipinski definition) is 4. The summed E-state index contributed by atoms with van der Waals surface area (Å²) in [5.41, 5.74) is 1.02. The fourth-order valence-electron chi connectivity index (χ4n) is 4.69. The first-order chi connectivity index (χ1) is 15.5. The Labute approximate surface area is 195 Å². The molecular weight excluding hydrogens is 446 g/mol. The molecule has 2 saturated heterocycles. The van der Waals surface area contributed by atoms with Gasteiger partial charge in [-0.3, -0.25) is 9.69 Å². The second-order valence-corrected chi connectivity index (χ2v) is 10.9. The van der Waals surface area contributed by atoms with Crippen molar-refractivity contribution in [2.75, 3.05) is 32.7 Å². The predicted molar refractivity (Wildman–Crippen MR) is 126 cm³/mol. The summed E-state index contributed by atoms with van der Waals surface area (Å²) in [5, 5.41) is 3.81. The molecule has 2 unspecified atom stereocenters. The minimum absolute atomic E-state index is 0.0166. The highest BCUT2D eigenvalue weighted by atomic mass is 35.5. The zero-order valence-electron chi connectivity index (χ0n) is 18.1. The lowest BCUT2D eigenvalue weighted by Gasteiger charge is -2.33. The monoisotopic (exact) mass is 475 g/mol. The van der Waals surface area contributed by atoms with Gasteiger partial charge in [0.15, 0.2) is 0 Å². The largest absolute Gasteiger partial charge is 0.354 e. The molecule has 0 saturated carbocycles. The van der Waals surface area contributed by atoms with E-state index in [-0.39, 0.29) is 29.3 Å². The van der Waals surface area contributed by atoms with Gasteiger partial charge in [-0.15, -0.1) is 0 Å². The van der Waals surface area contributed by atoms with E-state index in [1.165, 1.54) is 4.31 Å². The lowest BCUT2D eigenvalue weighted by Crippen LogP contribution is -2.46. The fraction of sp³-hybridized carbons (Fsp3) is 0.458. The van der Waals surface area contributed by atoms with Crippen LogP contribution < -0.4 is 5.32 Å². The Bertz CT molecular complexity index is 1030. The molecule has 2 aliphatic heterocycles. The molecule has 172 valence electrons. The summed E-state index contributed by atoms with van der Waals surface area (Å²) < 4.78 is 27.4. The Kier molecular flexibility index (Phi) is 7.51. The quantitative estimate of drug-likeness (QED) is 0.663. The molecule has 0 aromatic heterocycles. The van der Waals surface area contributed by atoms with Crippen LogP contribution in [-0.2, 0) is 14.8 Å². The van der Waals surface area contributed by atoms with Crippen molar-refractivity contribution in [2.24, 2.45) is 5.92 Å². The van der Waals surface area contributed by atoms with Crippen LogP contribution in [0.2, 0.25) is 5.02 Å². The van der Waals surface area contributed by atoms with Gasteiger partial charge in [-0.1, -0.05) is 48.0 Å². The zero-order valence-corrected chi connectivity index (χ0v) is 19.7. The molecule has 2 heterocycles. The highest BCUT2D eigenvalue weighted by Crippen LogP contribution is 2.30. The van der Waals surface area contributed by atoms with Gasteiger partial charge in [0.2, 0.25) is 15.9 Å². The predicted octanol–water partition coefficient (Wildman–Crippen LogP) is 3.69. The number of hydrogen-bond donors (Lipinski definition) is 1. The van der Waals surface area contributed by atoms with Gasteiger partial charge in [0.05, 0.1) is 16.9 Å². The maximum atomic E-state index is 13.1. The first kappa shape index (κ1) is 23.2. The molecule has 0 bridgehead atoms. The molecular formula is C24H30ClN3O3S. The second kappa shape index (κ2) is 10.3. The van der Waals surface area contributed by atoms with Crippen LogP contribution in [0.3, 0.4) is 0 Å². The molecule has 0 spiro atoms. The molecule has 32 heavy (non-hydrogen) atoms. The number of nitrogens with one attached hydrogen (secondary N) is 1. The fourth-order valence-corrected chi connectivity index (χ4v) is 6.50. The van der Waals surface area contributed by atoms with Crippen LogP contribution in [0, 0.1) is 5.92 Å². The summed E-state index contributed by atoms with van der Waals surface area (Å²) in [5.74, 6) is -0.443. The van der Waals surface area contributed by atoms with Crippen molar-refractivity contribution in [1.29, 1.82) is 0 Å². The molecule has 2 fully saturated rings. The van der Waals surface area contributed by atoms with Crippen LogP contribution in [0.5, 0.6) is 0 Å². The van der Waals surface area contributed by atoms with E-state index in [0.29, 0.717) is 31.0 Å². The third-order valence-corrected chi connectivity index (χ3v) is 8.67. The highest BCUT2D eigenvalue weighted by molar-refractivity contribution is 7.89. The van der Waals surface area contributed by atoms with Crippen LogP contribution in [0.15, 0.2) is 59.5 Å². The van der Waals surface area contributed by atoms with E-state index in [4.69, 9.17) is 11.6 Å². The van der Waals surface area contributed by atoms with Crippen LogP contribution in [0.25, 0.3) is 0 Å². The van der Waals surface area contributed by atoms with Crippen LogP contribution in [0.1, 0.15) is 37.3 Å².